The van der Waals surface area contributed by atoms with E-state index < -0.39 is 0 Å². The lowest BCUT2D eigenvalue weighted by atomic mass is 10.1. The Morgan fingerprint density at radius 3 is 2.71 bits per heavy atom. The second-order valence-corrected chi connectivity index (χ2v) is 9.00. The molecule has 0 spiro atoms. The van der Waals surface area contributed by atoms with Crippen LogP contribution in [0.3, 0.4) is 0 Å². The summed E-state index contributed by atoms with van der Waals surface area (Å²) in [5, 5.41) is 3.16. The molecule has 2 aromatic rings. The number of hydrogen-bond acceptors (Lipinski definition) is 5. The van der Waals surface area contributed by atoms with Crippen molar-refractivity contribution in [2.45, 2.75) is 22.7 Å². The average molecular weight is 444 g/mol. The summed E-state index contributed by atoms with van der Waals surface area (Å²) in [6.45, 7) is 2.34. The van der Waals surface area contributed by atoms with E-state index in [1.165, 1.54) is 12.1 Å². The maximum atomic E-state index is 13.2. The number of carbonyl (C=O) groups is 2. The minimum absolute atomic E-state index is 0.0214. The zero-order valence-corrected chi connectivity index (χ0v) is 18.2. The lowest BCUT2D eigenvalue weighted by molar-refractivity contribution is -0.137. The standard InChI is InChI=1S/C23H26FN3O3S/c1-26-11-10-21(23(26)29)31-20-5-3-2-4-18(20)25-14-22(28)27-12-13-30-19(15-27)16-6-8-17(24)9-7-16/h2-9,19,21,25H,10-15H2,1H3. The highest BCUT2D eigenvalue weighted by Gasteiger charge is 2.30. The minimum Gasteiger partial charge on any atom is -0.375 e. The lowest BCUT2D eigenvalue weighted by Gasteiger charge is -2.33. The van der Waals surface area contributed by atoms with Crippen molar-refractivity contribution in [3.8, 4) is 0 Å². The average Bonchev–Trinajstić information content (AvgIpc) is 3.11. The fraction of sp³-hybridized carbons (Fsp3) is 0.391. The van der Waals surface area contributed by atoms with E-state index in [2.05, 4.69) is 5.32 Å². The predicted octanol–water partition coefficient (Wildman–Crippen LogP) is 3.16. The maximum absolute atomic E-state index is 13.2. The molecule has 4 rings (SSSR count). The fourth-order valence-electron chi connectivity index (χ4n) is 3.81. The topological polar surface area (TPSA) is 61.9 Å². The first-order valence-corrected chi connectivity index (χ1v) is 11.3. The number of anilines is 1. The highest BCUT2D eigenvalue weighted by molar-refractivity contribution is 8.00. The molecule has 164 valence electrons. The molecule has 6 nitrogen and oxygen atoms in total. The molecule has 2 atom stereocenters. The normalized spacial score (nSPS) is 21.4. The Bertz CT molecular complexity index is 940. The molecule has 2 aliphatic heterocycles. The maximum Gasteiger partial charge on any atom is 0.242 e. The Morgan fingerprint density at radius 2 is 1.97 bits per heavy atom. The van der Waals surface area contributed by atoms with Crippen LogP contribution in [0.1, 0.15) is 18.1 Å². The van der Waals surface area contributed by atoms with Gasteiger partial charge in [0.15, 0.2) is 0 Å². The van der Waals surface area contributed by atoms with Crippen LogP contribution in [0.4, 0.5) is 10.1 Å². The van der Waals surface area contributed by atoms with Gasteiger partial charge in [0.1, 0.15) is 11.9 Å². The molecule has 8 heteroatoms. The van der Waals surface area contributed by atoms with E-state index in [0.29, 0.717) is 19.7 Å². The second kappa shape index (κ2) is 9.70. The van der Waals surface area contributed by atoms with Crippen molar-refractivity contribution >= 4 is 29.3 Å². The number of para-hydroxylation sites is 1. The van der Waals surface area contributed by atoms with Crippen molar-refractivity contribution in [3.63, 3.8) is 0 Å². The molecule has 2 fully saturated rings. The van der Waals surface area contributed by atoms with E-state index >= 15 is 0 Å². The Kier molecular flexibility index (Phi) is 6.77. The van der Waals surface area contributed by atoms with Gasteiger partial charge in [-0.15, -0.1) is 11.8 Å². The van der Waals surface area contributed by atoms with Crippen LogP contribution < -0.4 is 5.32 Å². The van der Waals surface area contributed by atoms with Gasteiger partial charge in [0, 0.05) is 30.7 Å². The van der Waals surface area contributed by atoms with E-state index in [9.17, 15) is 14.0 Å². The molecule has 2 heterocycles. The summed E-state index contributed by atoms with van der Waals surface area (Å²) in [6.07, 6.45) is 0.567. The molecule has 31 heavy (non-hydrogen) atoms. The van der Waals surface area contributed by atoms with E-state index in [1.54, 1.807) is 33.7 Å². The first-order chi connectivity index (χ1) is 15.0. The van der Waals surface area contributed by atoms with Gasteiger partial charge in [-0.25, -0.2) is 4.39 Å². The summed E-state index contributed by atoms with van der Waals surface area (Å²) in [6, 6.07) is 14.0. The first-order valence-electron chi connectivity index (χ1n) is 10.4. The number of halogens is 1. The number of hydrogen-bond donors (Lipinski definition) is 1. The van der Waals surface area contributed by atoms with Crippen LogP contribution >= 0.6 is 11.8 Å². The second-order valence-electron chi connectivity index (χ2n) is 7.76. The van der Waals surface area contributed by atoms with Gasteiger partial charge < -0.3 is 19.9 Å². The Hall–Kier alpha value is -2.58. The molecule has 1 N–H and O–H groups in total. The molecule has 0 aromatic heterocycles. The molecule has 2 unspecified atom stereocenters. The number of amides is 2. The largest absolute Gasteiger partial charge is 0.375 e. The molecule has 0 saturated carbocycles. The highest BCUT2D eigenvalue weighted by atomic mass is 32.2. The third kappa shape index (κ3) is 5.19. The van der Waals surface area contributed by atoms with Crippen LogP contribution in [0.25, 0.3) is 0 Å². The molecule has 0 bridgehead atoms. The Morgan fingerprint density at radius 1 is 1.19 bits per heavy atom. The molecule has 2 aliphatic rings. The van der Waals surface area contributed by atoms with Gasteiger partial charge in [-0.05, 0) is 36.2 Å². The lowest BCUT2D eigenvalue weighted by Crippen LogP contribution is -2.44. The van der Waals surface area contributed by atoms with Crippen LogP contribution in [0.5, 0.6) is 0 Å². The number of likely N-dealkylation sites (tertiary alicyclic amines) is 1. The predicted molar refractivity (Wildman–Crippen MR) is 119 cm³/mol. The van der Waals surface area contributed by atoms with Gasteiger partial charge in [-0.3, -0.25) is 9.59 Å². The van der Waals surface area contributed by atoms with Crippen molar-refractivity contribution in [2.75, 3.05) is 45.2 Å². The summed E-state index contributed by atoms with van der Waals surface area (Å²) in [5.74, 6) is -0.165. The highest BCUT2D eigenvalue weighted by Crippen LogP contribution is 2.34. The number of benzene rings is 2. The van der Waals surface area contributed by atoms with Crippen LogP contribution in [-0.4, -0.2) is 66.7 Å². The number of nitrogens with one attached hydrogen (secondary N) is 1. The van der Waals surface area contributed by atoms with Crippen LogP contribution in [0.2, 0.25) is 0 Å². The summed E-state index contributed by atoms with van der Waals surface area (Å²) >= 11 is 1.55. The van der Waals surface area contributed by atoms with Crippen molar-refractivity contribution in [3.05, 3.63) is 59.9 Å². The van der Waals surface area contributed by atoms with Crippen molar-refractivity contribution in [1.29, 1.82) is 0 Å². The van der Waals surface area contributed by atoms with Crippen molar-refractivity contribution in [2.24, 2.45) is 0 Å². The van der Waals surface area contributed by atoms with Gasteiger partial charge in [0.2, 0.25) is 11.8 Å². The van der Waals surface area contributed by atoms with Crippen LogP contribution in [0.15, 0.2) is 53.4 Å². The summed E-state index contributed by atoms with van der Waals surface area (Å²) in [5.41, 5.74) is 1.71. The number of carbonyl (C=O) groups excluding carboxylic acids is 2. The molecular formula is C23H26FN3O3S. The van der Waals surface area contributed by atoms with E-state index in [0.717, 1.165) is 29.1 Å². The summed E-state index contributed by atoms with van der Waals surface area (Å²) in [4.78, 5) is 29.6. The number of ether oxygens (including phenoxy) is 1. The molecular weight excluding hydrogens is 417 g/mol. The van der Waals surface area contributed by atoms with Gasteiger partial charge >= 0.3 is 0 Å². The van der Waals surface area contributed by atoms with Crippen LogP contribution in [0, 0.1) is 5.82 Å². The smallest absolute Gasteiger partial charge is 0.242 e. The molecule has 2 amide bonds. The third-order valence-corrected chi connectivity index (χ3v) is 6.96. The van der Waals surface area contributed by atoms with Crippen molar-refractivity contribution in [1.82, 2.24) is 9.80 Å². The quantitative estimate of drug-likeness (QED) is 0.743. The monoisotopic (exact) mass is 443 g/mol. The number of morpholine rings is 1. The van der Waals surface area contributed by atoms with Gasteiger partial charge in [0.25, 0.3) is 0 Å². The molecule has 0 radical (unpaired) electrons. The SMILES string of the molecule is CN1CCC(Sc2ccccc2NCC(=O)N2CCOC(c3ccc(F)cc3)C2)C1=O. The molecule has 0 aliphatic carbocycles. The summed E-state index contributed by atoms with van der Waals surface area (Å²) < 4.78 is 19.0. The Labute approximate surface area is 185 Å². The summed E-state index contributed by atoms with van der Waals surface area (Å²) in [7, 11) is 1.83. The molecule has 2 aromatic carbocycles. The zero-order valence-electron chi connectivity index (χ0n) is 17.4. The van der Waals surface area contributed by atoms with Gasteiger partial charge in [-0.2, -0.15) is 0 Å². The van der Waals surface area contributed by atoms with Crippen molar-refractivity contribution < 1.29 is 18.7 Å². The third-order valence-electron chi connectivity index (χ3n) is 5.63. The van der Waals surface area contributed by atoms with Gasteiger partial charge in [-0.1, -0.05) is 24.3 Å². The fourth-order valence-corrected chi connectivity index (χ4v) is 5.04. The number of rotatable bonds is 6. The minimum atomic E-state index is -0.292. The molecule has 2 saturated heterocycles. The van der Waals surface area contributed by atoms with Crippen LogP contribution in [-0.2, 0) is 14.3 Å². The van der Waals surface area contributed by atoms with E-state index in [-0.39, 0.29) is 35.5 Å². The van der Waals surface area contributed by atoms with E-state index in [1.807, 2.05) is 31.3 Å². The first kappa shape index (κ1) is 21.6. The number of thioether (sulfide) groups is 1. The van der Waals surface area contributed by atoms with E-state index in [4.69, 9.17) is 4.74 Å². The zero-order chi connectivity index (χ0) is 21.8. The van der Waals surface area contributed by atoms with Gasteiger partial charge in [0.05, 0.1) is 24.9 Å². The Balaban J connectivity index is 1.35. The number of nitrogens with zero attached hydrogens (tertiary/aromatic N) is 2.